The molecule has 1 unspecified atom stereocenters. The average molecular weight is 669 g/mol. The quantitative estimate of drug-likeness (QED) is 0.107. The smallest absolute Gasteiger partial charge is 0.396 e. The first-order valence-electron chi connectivity index (χ1n) is 13.7. The van der Waals surface area contributed by atoms with Gasteiger partial charge in [-0.05, 0) is 41.3 Å². The minimum absolute atomic E-state index is 0. The number of carbonyl (C=O) groups is 1. The normalized spacial score (nSPS) is 12.6. The second-order valence-corrected chi connectivity index (χ2v) is 10.4. The van der Waals surface area contributed by atoms with Crippen molar-refractivity contribution < 1.29 is 66.6 Å². The first kappa shape index (κ1) is 37.0. The number of hydrogen-bond acceptors (Lipinski definition) is 9. The van der Waals surface area contributed by atoms with E-state index in [1.54, 1.807) is 61.4 Å². The summed E-state index contributed by atoms with van der Waals surface area (Å²) in [6.07, 6.45) is -0.182. The first-order valence-corrected chi connectivity index (χ1v) is 14.8. The Hall–Kier alpha value is -3.43. The molecule has 2 aromatic carbocycles. The van der Waals surface area contributed by atoms with Crippen LogP contribution in [-0.2, 0) is 35.0 Å². The maximum Gasteiger partial charge on any atom is 1.00 e. The number of fused-ring (bicyclic) bond motifs is 1. The number of hydrogen-bond donors (Lipinski definition) is 4. The fraction of sp³-hybridized carbons (Fsp3) is 0.276. The van der Waals surface area contributed by atoms with E-state index in [2.05, 4.69) is 37.1 Å². The molecule has 1 aliphatic rings. The Bertz CT molecular complexity index is 1670. The number of aryl methyl sites for hydroxylation is 1. The third-order valence-electron chi connectivity index (χ3n) is 6.66. The van der Waals surface area contributed by atoms with Gasteiger partial charge in [0.15, 0.2) is 0 Å². The van der Waals surface area contributed by atoms with Crippen LogP contribution in [0.1, 0.15) is 40.4 Å². The molecule has 5 rings (SSSR count). The number of benzene rings is 2. The summed E-state index contributed by atoms with van der Waals surface area (Å²) in [5, 5.41) is 19.0. The van der Waals surface area contributed by atoms with Crippen LogP contribution < -0.4 is 40.2 Å². The molecule has 3 heterocycles. The molecule has 0 saturated carbocycles. The van der Waals surface area contributed by atoms with Crippen LogP contribution in [0.5, 0.6) is 0 Å². The van der Waals surface area contributed by atoms with Crippen LogP contribution in [0, 0.1) is 6.92 Å². The van der Waals surface area contributed by atoms with E-state index in [9.17, 15) is 22.5 Å². The molecule has 46 heavy (non-hydrogen) atoms. The average Bonchev–Trinajstić information content (AvgIpc) is 3.60. The third-order valence-corrected chi connectivity index (χ3v) is 7.01. The van der Waals surface area contributed by atoms with Gasteiger partial charge in [-0.15, -0.1) is 9.42 Å². The Morgan fingerprint density at radius 1 is 1.11 bits per heavy atom. The van der Waals surface area contributed by atoms with Gasteiger partial charge >= 0.3 is 44.0 Å². The predicted octanol–water partition coefficient (Wildman–Crippen LogP) is 2.82. The number of nitrogens with zero attached hydrogens (tertiary/aromatic N) is 5. The number of alkyl halides is 3. The molecule has 2 aromatic heterocycles. The number of carbonyl (C=O) groups excluding carboxylic acids is 1. The maximum atomic E-state index is 14.0. The van der Waals surface area contributed by atoms with Gasteiger partial charge in [0.2, 0.25) is 5.95 Å². The second kappa shape index (κ2) is 16.4. The molecule has 0 bridgehead atoms. The fourth-order valence-electron chi connectivity index (χ4n) is 4.60. The molecular formula is C29H31F3N7NaO5P+. The van der Waals surface area contributed by atoms with E-state index in [1.807, 2.05) is 0 Å². The standard InChI is InChI=1S/C27H25F3N7O5P.C2H5.Na/c1-36-14-20-19(17-11-32-37(13-17)9-2-10-38)7-8-22(23(20)25(36)39)34-24-21(27(28,29)30)12-31-26(35-24)33-18-5-3-16(4-6-18)15-42-43(40)41;1-2;/h3-8,11-13,38H,2,9-10,14-15H2,1H3,(H2-,31,33,34,35,39,40,41);1H2,2H3;/q;-1;+1/p+1. The molecule has 12 nitrogen and oxygen atoms in total. The summed E-state index contributed by atoms with van der Waals surface area (Å²) in [5.74, 6) is -1.04. The van der Waals surface area contributed by atoms with E-state index in [4.69, 9.17) is 10.00 Å². The number of halogens is 3. The maximum absolute atomic E-state index is 14.0. The molecule has 0 saturated heterocycles. The molecule has 1 amide bonds. The molecule has 1 aliphatic heterocycles. The summed E-state index contributed by atoms with van der Waals surface area (Å²) < 4.78 is 59.0. The van der Waals surface area contributed by atoms with E-state index in [0.29, 0.717) is 41.5 Å². The van der Waals surface area contributed by atoms with E-state index < -0.39 is 25.8 Å². The van der Waals surface area contributed by atoms with Crippen LogP contribution in [0.3, 0.4) is 0 Å². The summed E-state index contributed by atoms with van der Waals surface area (Å²) in [4.78, 5) is 31.3. The van der Waals surface area contributed by atoms with Crippen molar-refractivity contribution in [3.63, 3.8) is 0 Å². The minimum atomic E-state index is -4.79. The van der Waals surface area contributed by atoms with Crippen LogP contribution in [-0.4, -0.2) is 54.2 Å². The number of amides is 1. The van der Waals surface area contributed by atoms with Gasteiger partial charge in [-0.25, -0.2) is 4.98 Å². The largest absolute Gasteiger partial charge is 1.00 e. The van der Waals surface area contributed by atoms with Crippen molar-refractivity contribution in [3.05, 3.63) is 84.2 Å². The van der Waals surface area contributed by atoms with Crippen molar-refractivity contribution in [1.82, 2.24) is 24.6 Å². The zero-order valence-electron chi connectivity index (χ0n) is 25.4. The molecule has 0 spiro atoms. The monoisotopic (exact) mass is 668 g/mol. The number of rotatable bonds is 11. The SMILES string of the molecule is CN1Cc2c(-c3cnn(CCCO)c3)ccc(Nc3nc(Nc4ccc(CO[P+](=O)O)cc4)ncc3C(F)(F)F)c2C1=O.[CH2-]C.[Na+]. The Morgan fingerprint density at radius 3 is 2.48 bits per heavy atom. The van der Waals surface area contributed by atoms with Crippen molar-refractivity contribution in [2.75, 3.05) is 24.3 Å². The van der Waals surface area contributed by atoms with Gasteiger partial charge in [-0.1, -0.05) is 18.2 Å². The number of anilines is 4. The van der Waals surface area contributed by atoms with Gasteiger partial charge in [-0.2, -0.15) is 30.2 Å². The third kappa shape index (κ3) is 8.88. The summed E-state index contributed by atoms with van der Waals surface area (Å²) in [6.45, 7) is 5.67. The van der Waals surface area contributed by atoms with E-state index in [-0.39, 0.29) is 72.4 Å². The topological polar surface area (TPSA) is 155 Å². The Balaban J connectivity index is 0.00000188. The predicted molar refractivity (Wildman–Crippen MR) is 161 cm³/mol. The molecule has 1 atom stereocenters. The van der Waals surface area contributed by atoms with Crippen molar-refractivity contribution >= 4 is 37.3 Å². The van der Waals surface area contributed by atoms with Gasteiger partial charge < -0.3 is 27.6 Å². The fourth-order valence-corrected chi connectivity index (χ4v) is 4.86. The van der Waals surface area contributed by atoms with Crippen LogP contribution in [0.25, 0.3) is 11.1 Å². The van der Waals surface area contributed by atoms with Gasteiger partial charge in [-0.3, -0.25) is 9.48 Å². The summed E-state index contributed by atoms with van der Waals surface area (Å²) >= 11 is 0. The van der Waals surface area contributed by atoms with Gasteiger partial charge in [0.05, 0.1) is 17.4 Å². The molecule has 0 fully saturated rings. The van der Waals surface area contributed by atoms with Gasteiger partial charge in [0, 0.05) is 55.0 Å². The molecule has 238 valence electrons. The summed E-state index contributed by atoms with van der Waals surface area (Å²) in [6, 6.07) is 9.63. The van der Waals surface area contributed by atoms with Gasteiger partial charge in [0.25, 0.3) is 5.91 Å². The molecular weight excluding hydrogens is 637 g/mol. The number of nitrogens with one attached hydrogen (secondary N) is 2. The van der Waals surface area contributed by atoms with E-state index >= 15 is 0 Å². The number of aromatic nitrogens is 4. The molecule has 17 heteroatoms. The van der Waals surface area contributed by atoms with Crippen molar-refractivity contribution in [1.29, 1.82) is 0 Å². The van der Waals surface area contributed by atoms with E-state index in [0.717, 1.165) is 5.56 Å². The van der Waals surface area contributed by atoms with Crippen molar-refractivity contribution in [2.45, 2.75) is 39.2 Å². The molecule has 0 aliphatic carbocycles. The summed E-state index contributed by atoms with van der Waals surface area (Å²) in [7, 11) is -1.14. The molecule has 4 N–H and O–H groups in total. The van der Waals surface area contributed by atoms with Crippen molar-refractivity contribution in [2.24, 2.45) is 0 Å². The molecule has 0 radical (unpaired) electrons. The number of aliphatic hydroxyl groups excluding tert-OH is 1. The zero-order valence-corrected chi connectivity index (χ0v) is 28.3. The second-order valence-electron chi connectivity index (χ2n) is 9.66. The zero-order chi connectivity index (χ0) is 32.7. The number of aliphatic hydroxyl groups is 1. The molecule has 4 aromatic rings. The van der Waals surface area contributed by atoms with E-state index in [1.165, 1.54) is 11.0 Å². The van der Waals surface area contributed by atoms with Gasteiger partial charge in [0.1, 0.15) is 18.0 Å². The van der Waals surface area contributed by atoms with Crippen molar-refractivity contribution in [3.8, 4) is 11.1 Å². The minimum Gasteiger partial charge on any atom is -0.396 e. The Labute approximate surface area is 286 Å². The van der Waals surface area contributed by atoms with Crippen LogP contribution in [0.4, 0.5) is 36.3 Å². The van der Waals surface area contributed by atoms with Crippen LogP contribution in [0.15, 0.2) is 55.0 Å². The Morgan fingerprint density at radius 2 is 1.83 bits per heavy atom. The first-order chi connectivity index (χ1) is 21.5. The van der Waals surface area contributed by atoms with Crippen LogP contribution in [0.2, 0.25) is 0 Å². The summed E-state index contributed by atoms with van der Waals surface area (Å²) in [5.41, 5.74) is 2.40. The Kier molecular flexibility index (Phi) is 13.2. The van der Waals surface area contributed by atoms with Crippen LogP contribution >= 0.6 is 8.25 Å².